The van der Waals surface area contributed by atoms with E-state index in [2.05, 4.69) is 24.9 Å². The molecule has 5 aromatic rings. The van der Waals surface area contributed by atoms with Crippen LogP contribution in [0.1, 0.15) is 0 Å². The van der Waals surface area contributed by atoms with Gasteiger partial charge < -0.3 is 19.4 Å². The first kappa shape index (κ1) is 29.1. The minimum absolute atomic E-state index is 0.0899. The second-order valence-corrected chi connectivity index (χ2v) is 11.2. The van der Waals surface area contributed by atoms with Crippen LogP contribution >= 0.6 is 22.9 Å². The molecule has 0 amide bonds. The predicted octanol–water partition coefficient (Wildman–Crippen LogP) is 4.96. The van der Waals surface area contributed by atoms with Crippen molar-refractivity contribution in [2.45, 2.75) is 12.7 Å². The standard InChI is InChI=1S/C28H24ClF3N6O4S/c1-33-26-34-19-14-18(6-7-21(19)37(26)9-8-36-10-12-41-13-11-36)38-24(39)23-20(35-27(38)42-25(40)28(30,31)32)15-22(43-23)16-2-4-17(29)5-3-16/h2-7,14-15H,8-13H2,1H3,(H,33,34). The Morgan fingerprint density at radius 3 is 2.51 bits per heavy atom. The highest BCUT2D eigenvalue weighted by molar-refractivity contribution is 7.22. The van der Waals surface area contributed by atoms with Gasteiger partial charge >= 0.3 is 18.2 Å². The summed E-state index contributed by atoms with van der Waals surface area (Å²) in [6.45, 7) is 4.38. The molecule has 4 heterocycles. The smallest absolute Gasteiger partial charge is 0.385 e. The Morgan fingerprint density at radius 2 is 1.81 bits per heavy atom. The van der Waals surface area contributed by atoms with Crippen LogP contribution in [0.25, 0.3) is 37.4 Å². The molecule has 0 spiro atoms. The number of alkyl halides is 3. The molecule has 0 radical (unpaired) electrons. The number of thiophene rings is 1. The van der Waals surface area contributed by atoms with Crippen molar-refractivity contribution in [1.29, 1.82) is 0 Å². The van der Waals surface area contributed by atoms with E-state index in [1.54, 1.807) is 55.6 Å². The molecule has 0 aliphatic carbocycles. The summed E-state index contributed by atoms with van der Waals surface area (Å²) >= 11 is 7.11. The SMILES string of the molecule is CNc1nc2cc(-n3c(OC(=O)C(F)(F)F)nc4cc(-c5ccc(Cl)cc5)sc4c3=O)ccc2n1CCN1CCOCC1. The molecule has 1 aliphatic rings. The van der Waals surface area contributed by atoms with Gasteiger partial charge in [-0.2, -0.15) is 18.2 Å². The van der Waals surface area contributed by atoms with Crippen LogP contribution in [-0.2, 0) is 16.1 Å². The Kier molecular flexibility index (Phi) is 7.85. The molecule has 1 fully saturated rings. The summed E-state index contributed by atoms with van der Waals surface area (Å²) in [4.78, 5) is 37.4. The Hall–Kier alpha value is -3.98. The summed E-state index contributed by atoms with van der Waals surface area (Å²) < 4.78 is 52.8. The molecule has 6 rings (SSSR count). The van der Waals surface area contributed by atoms with Gasteiger partial charge in [-0.3, -0.25) is 9.69 Å². The number of hydrogen-bond donors (Lipinski definition) is 1. The molecule has 10 nitrogen and oxygen atoms in total. The zero-order valence-corrected chi connectivity index (χ0v) is 24.2. The molecule has 43 heavy (non-hydrogen) atoms. The summed E-state index contributed by atoms with van der Waals surface area (Å²) in [6, 6.07) is 12.4. The van der Waals surface area contributed by atoms with E-state index in [0.717, 1.165) is 46.6 Å². The number of esters is 1. The van der Waals surface area contributed by atoms with Gasteiger partial charge in [-0.05, 0) is 42.0 Å². The van der Waals surface area contributed by atoms with Crippen LogP contribution in [0.3, 0.4) is 0 Å². The van der Waals surface area contributed by atoms with Crippen LogP contribution in [0.5, 0.6) is 6.01 Å². The molecular formula is C28H24ClF3N6O4S. The number of imidazole rings is 1. The first-order chi connectivity index (χ1) is 20.6. The van der Waals surface area contributed by atoms with Gasteiger partial charge in [0.1, 0.15) is 4.70 Å². The van der Waals surface area contributed by atoms with Crippen molar-refractivity contribution < 1.29 is 27.4 Å². The fraction of sp³-hybridized carbons (Fsp3) is 0.286. The van der Waals surface area contributed by atoms with Crippen LogP contribution in [0.4, 0.5) is 19.1 Å². The topological polar surface area (TPSA) is 104 Å². The number of morpholine rings is 1. The summed E-state index contributed by atoms with van der Waals surface area (Å²) in [5.41, 5.74) is 1.50. The molecule has 15 heteroatoms. The lowest BCUT2D eigenvalue weighted by molar-refractivity contribution is -0.190. The van der Waals surface area contributed by atoms with E-state index in [9.17, 15) is 22.8 Å². The second-order valence-electron chi connectivity index (χ2n) is 9.72. The maximum Gasteiger partial charge on any atom is 0.491 e. The lowest BCUT2D eigenvalue weighted by Gasteiger charge is -2.26. The molecule has 0 atom stereocenters. The highest BCUT2D eigenvalue weighted by Crippen LogP contribution is 2.34. The Labute approximate surface area is 251 Å². The molecule has 0 unspecified atom stereocenters. The van der Waals surface area contributed by atoms with Gasteiger partial charge in [0.2, 0.25) is 5.95 Å². The average molecular weight is 633 g/mol. The van der Waals surface area contributed by atoms with Gasteiger partial charge in [0.25, 0.3) is 5.56 Å². The highest BCUT2D eigenvalue weighted by Gasteiger charge is 2.42. The average Bonchev–Trinajstić information content (AvgIpc) is 3.58. The van der Waals surface area contributed by atoms with Crippen LogP contribution in [0.2, 0.25) is 5.02 Å². The Bertz CT molecular complexity index is 1880. The van der Waals surface area contributed by atoms with Gasteiger partial charge in [0.05, 0.1) is 35.5 Å². The summed E-state index contributed by atoms with van der Waals surface area (Å²) in [7, 11) is 1.74. The first-order valence-corrected chi connectivity index (χ1v) is 14.4. The molecule has 0 saturated carbocycles. The fourth-order valence-corrected chi connectivity index (χ4v) is 6.05. The summed E-state index contributed by atoms with van der Waals surface area (Å²) in [5.74, 6) is -1.91. The predicted molar refractivity (Wildman–Crippen MR) is 157 cm³/mol. The van der Waals surface area contributed by atoms with E-state index >= 15 is 0 Å². The molecule has 224 valence electrons. The summed E-state index contributed by atoms with van der Waals surface area (Å²) in [5, 5.41) is 3.59. The fourth-order valence-electron chi connectivity index (χ4n) is 4.89. The van der Waals surface area contributed by atoms with Crippen molar-refractivity contribution in [3.8, 4) is 22.1 Å². The van der Waals surface area contributed by atoms with E-state index in [4.69, 9.17) is 16.3 Å². The highest BCUT2D eigenvalue weighted by atomic mass is 35.5. The number of benzene rings is 2. The van der Waals surface area contributed by atoms with Gasteiger partial charge in [-0.15, -0.1) is 11.3 Å². The van der Waals surface area contributed by atoms with E-state index in [0.29, 0.717) is 41.1 Å². The second kappa shape index (κ2) is 11.6. The van der Waals surface area contributed by atoms with E-state index in [1.807, 2.05) is 4.57 Å². The van der Waals surface area contributed by atoms with Gasteiger partial charge in [-0.25, -0.2) is 14.3 Å². The van der Waals surface area contributed by atoms with Crippen LogP contribution in [-0.4, -0.2) is 76.0 Å². The van der Waals surface area contributed by atoms with E-state index < -0.39 is 23.7 Å². The van der Waals surface area contributed by atoms with Crippen molar-refractivity contribution >= 4 is 56.1 Å². The zero-order valence-electron chi connectivity index (χ0n) is 22.7. The Morgan fingerprint density at radius 1 is 1.07 bits per heavy atom. The molecule has 3 aromatic heterocycles. The van der Waals surface area contributed by atoms with Crippen LogP contribution in [0, 0.1) is 0 Å². The van der Waals surface area contributed by atoms with Gasteiger partial charge in [-0.1, -0.05) is 23.7 Å². The minimum atomic E-state index is -5.30. The number of nitrogens with one attached hydrogen (secondary N) is 1. The maximum absolute atomic E-state index is 13.8. The third-order valence-corrected chi connectivity index (χ3v) is 8.43. The zero-order chi connectivity index (χ0) is 30.3. The first-order valence-electron chi connectivity index (χ1n) is 13.2. The number of fused-ring (bicyclic) bond motifs is 2. The lowest BCUT2D eigenvalue weighted by atomic mass is 10.2. The maximum atomic E-state index is 13.8. The molecular weight excluding hydrogens is 609 g/mol. The molecule has 2 aromatic carbocycles. The van der Waals surface area contributed by atoms with Gasteiger partial charge in [0, 0.05) is 43.1 Å². The molecule has 1 aliphatic heterocycles. The number of ether oxygens (including phenoxy) is 2. The summed E-state index contributed by atoms with van der Waals surface area (Å²) in [6.07, 6.45) is -5.30. The van der Waals surface area contributed by atoms with Crippen LogP contribution in [0.15, 0.2) is 53.3 Å². The van der Waals surface area contributed by atoms with E-state index in [1.165, 1.54) is 0 Å². The molecule has 1 saturated heterocycles. The number of hydrogen-bond acceptors (Lipinski definition) is 9. The quantitative estimate of drug-likeness (QED) is 0.251. The van der Waals surface area contributed by atoms with Gasteiger partial charge in [0.15, 0.2) is 0 Å². The van der Waals surface area contributed by atoms with Crippen molar-refractivity contribution in [1.82, 2.24) is 24.0 Å². The van der Waals surface area contributed by atoms with E-state index in [-0.39, 0.29) is 15.9 Å². The number of aromatic nitrogens is 4. The third-order valence-electron chi connectivity index (χ3n) is 7.02. The van der Waals surface area contributed by atoms with Crippen molar-refractivity contribution in [3.05, 3.63) is 63.9 Å². The number of carbonyl (C=O) groups is 1. The molecule has 0 bridgehead atoms. The van der Waals surface area contributed by atoms with Crippen molar-refractivity contribution in [3.63, 3.8) is 0 Å². The normalized spacial score (nSPS) is 14.4. The monoisotopic (exact) mass is 632 g/mol. The van der Waals surface area contributed by atoms with Crippen LogP contribution < -0.4 is 15.6 Å². The lowest BCUT2D eigenvalue weighted by Crippen LogP contribution is -2.38. The number of halogens is 4. The Balaban J connectivity index is 1.45. The minimum Gasteiger partial charge on any atom is -0.385 e. The van der Waals surface area contributed by atoms with Crippen molar-refractivity contribution in [2.75, 3.05) is 45.2 Å². The number of carbonyl (C=O) groups excluding carboxylic acids is 1. The largest absolute Gasteiger partial charge is 0.491 e. The number of nitrogens with zero attached hydrogens (tertiary/aromatic N) is 5. The number of rotatable bonds is 7. The third kappa shape index (κ3) is 5.83. The molecule has 1 N–H and O–H groups in total. The van der Waals surface area contributed by atoms with Crippen molar-refractivity contribution in [2.24, 2.45) is 0 Å². The number of anilines is 1.